The lowest BCUT2D eigenvalue weighted by Crippen LogP contribution is -2.37. The van der Waals surface area contributed by atoms with Crippen LogP contribution in [0, 0.1) is 13.8 Å². The second-order valence-corrected chi connectivity index (χ2v) is 7.67. The molecule has 1 aromatic rings. The number of aryl methyl sites for hydroxylation is 1. The van der Waals surface area contributed by atoms with E-state index in [-0.39, 0.29) is 0 Å². The molecule has 132 valence electrons. The van der Waals surface area contributed by atoms with E-state index in [9.17, 15) is 0 Å². The number of hydrogen-bond acceptors (Lipinski definition) is 3. The van der Waals surface area contributed by atoms with Crippen molar-refractivity contribution in [1.82, 2.24) is 15.1 Å². The van der Waals surface area contributed by atoms with Gasteiger partial charge in [0.25, 0.3) is 0 Å². The van der Waals surface area contributed by atoms with Gasteiger partial charge in [-0.05, 0) is 74.1 Å². The Morgan fingerprint density at radius 2 is 1.65 bits per heavy atom. The van der Waals surface area contributed by atoms with E-state index in [4.69, 9.17) is 9.84 Å². The van der Waals surface area contributed by atoms with Crippen LogP contribution in [0.4, 0.5) is 0 Å². The molecule has 23 heavy (non-hydrogen) atoms. The molecule has 0 spiro atoms. The van der Waals surface area contributed by atoms with Crippen LogP contribution in [0.2, 0.25) is 0 Å². The molecule has 1 aromatic heterocycles. The first-order valence-electron chi connectivity index (χ1n) is 9.26. The van der Waals surface area contributed by atoms with Crippen LogP contribution < -0.4 is 5.32 Å². The molecule has 4 nitrogen and oxygen atoms in total. The molecule has 4 heteroatoms. The van der Waals surface area contributed by atoms with Gasteiger partial charge in [-0.15, -0.1) is 0 Å². The van der Waals surface area contributed by atoms with E-state index in [1.165, 1.54) is 36.9 Å². The predicted molar refractivity (Wildman–Crippen MR) is 95.9 cm³/mol. The fourth-order valence-corrected chi connectivity index (χ4v) is 3.99. The molecule has 0 radical (unpaired) electrons. The van der Waals surface area contributed by atoms with E-state index < -0.39 is 0 Å². The van der Waals surface area contributed by atoms with Crippen LogP contribution in [0.1, 0.15) is 89.3 Å². The van der Waals surface area contributed by atoms with Gasteiger partial charge in [0.05, 0.1) is 17.9 Å². The van der Waals surface area contributed by atoms with Crippen LogP contribution in [0.25, 0.3) is 0 Å². The second-order valence-electron chi connectivity index (χ2n) is 7.67. The van der Waals surface area contributed by atoms with Crippen molar-refractivity contribution in [1.29, 1.82) is 0 Å². The van der Waals surface area contributed by atoms with Gasteiger partial charge in [0, 0.05) is 29.4 Å². The number of nitrogens with one attached hydrogen (secondary N) is 1. The van der Waals surface area contributed by atoms with E-state index in [2.05, 4.69) is 58.5 Å². The molecule has 1 N–H and O–H groups in total. The van der Waals surface area contributed by atoms with Gasteiger partial charge in [0.15, 0.2) is 0 Å². The molecule has 1 aliphatic rings. The van der Waals surface area contributed by atoms with Crippen LogP contribution in [0.15, 0.2) is 0 Å². The summed E-state index contributed by atoms with van der Waals surface area (Å²) in [5.74, 6) is 0. The molecule has 0 aromatic carbocycles. The summed E-state index contributed by atoms with van der Waals surface area (Å²) in [6.07, 6.45) is 5.56. The van der Waals surface area contributed by atoms with Crippen molar-refractivity contribution >= 4 is 0 Å². The highest BCUT2D eigenvalue weighted by atomic mass is 16.5. The molecule has 1 atom stereocenters. The Hall–Kier alpha value is -0.870. The lowest BCUT2D eigenvalue weighted by Gasteiger charge is -2.32. The lowest BCUT2D eigenvalue weighted by molar-refractivity contribution is -0.0166. The van der Waals surface area contributed by atoms with Crippen LogP contribution >= 0.6 is 0 Å². The van der Waals surface area contributed by atoms with Crippen molar-refractivity contribution < 1.29 is 4.74 Å². The van der Waals surface area contributed by atoms with Crippen molar-refractivity contribution in [3.8, 4) is 0 Å². The topological polar surface area (TPSA) is 39.1 Å². The normalized spacial score (nSPS) is 23.7. The van der Waals surface area contributed by atoms with E-state index in [1.54, 1.807) is 0 Å². The third-order valence-corrected chi connectivity index (χ3v) is 4.93. The van der Waals surface area contributed by atoms with Crippen molar-refractivity contribution in [3.63, 3.8) is 0 Å². The van der Waals surface area contributed by atoms with E-state index >= 15 is 0 Å². The van der Waals surface area contributed by atoms with Crippen molar-refractivity contribution in [2.24, 2.45) is 0 Å². The molecular weight excluding hydrogens is 286 g/mol. The van der Waals surface area contributed by atoms with Gasteiger partial charge in [-0.1, -0.05) is 0 Å². The molecule has 0 amide bonds. The maximum absolute atomic E-state index is 5.96. The van der Waals surface area contributed by atoms with Crippen LogP contribution in [-0.2, 0) is 4.74 Å². The number of nitrogens with zero attached hydrogens (tertiary/aromatic N) is 2. The number of hydrogen-bond donors (Lipinski definition) is 1. The molecule has 0 aliphatic heterocycles. The minimum absolute atomic E-state index is 0.343. The van der Waals surface area contributed by atoms with Gasteiger partial charge < -0.3 is 10.1 Å². The fourth-order valence-electron chi connectivity index (χ4n) is 3.99. The summed E-state index contributed by atoms with van der Waals surface area (Å²) in [6, 6.07) is 1.37. The van der Waals surface area contributed by atoms with Gasteiger partial charge in [0.1, 0.15) is 0 Å². The van der Waals surface area contributed by atoms with E-state index in [0.717, 1.165) is 5.69 Å². The van der Waals surface area contributed by atoms with Gasteiger partial charge >= 0.3 is 0 Å². The minimum Gasteiger partial charge on any atom is -0.376 e. The zero-order chi connectivity index (χ0) is 17.1. The molecular formula is C19H35N3O. The first-order valence-corrected chi connectivity index (χ1v) is 9.26. The van der Waals surface area contributed by atoms with Crippen molar-refractivity contribution in [2.75, 3.05) is 0 Å². The first-order chi connectivity index (χ1) is 10.8. The summed E-state index contributed by atoms with van der Waals surface area (Å²) in [7, 11) is 0. The molecule has 0 saturated heterocycles. The Labute approximate surface area is 142 Å². The summed E-state index contributed by atoms with van der Waals surface area (Å²) < 4.78 is 8.10. The van der Waals surface area contributed by atoms with Crippen molar-refractivity contribution in [3.05, 3.63) is 17.0 Å². The van der Waals surface area contributed by atoms with Gasteiger partial charge in [-0.3, -0.25) is 4.68 Å². The Morgan fingerprint density at radius 1 is 1.04 bits per heavy atom. The smallest absolute Gasteiger partial charge is 0.0644 e. The molecule has 1 saturated carbocycles. The molecule has 2 rings (SSSR count). The fraction of sp³-hybridized carbons (Fsp3) is 0.842. The number of aromatic nitrogens is 2. The quantitative estimate of drug-likeness (QED) is 0.840. The highest BCUT2D eigenvalue weighted by Crippen LogP contribution is 2.27. The largest absolute Gasteiger partial charge is 0.376 e. The van der Waals surface area contributed by atoms with Gasteiger partial charge in [-0.25, -0.2) is 0 Å². The number of rotatable bonds is 6. The highest BCUT2D eigenvalue weighted by Gasteiger charge is 2.25. The first kappa shape index (κ1) is 18.5. The summed E-state index contributed by atoms with van der Waals surface area (Å²) in [6.45, 7) is 15.2. The highest BCUT2D eigenvalue weighted by molar-refractivity contribution is 5.28. The molecule has 1 aliphatic carbocycles. The number of ether oxygens (including phenoxy) is 1. The standard InChI is InChI=1S/C19H35N3O/c1-12(2)22-16(7)19(15(6)21-22)14(5)20-17-8-10-18(11-9-17)23-13(3)4/h12-14,17-18,20H,8-11H2,1-7H3/t14-,17?,18?/m0/s1. The maximum atomic E-state index is 5.96. The van der Waals surface area contributed by atoms with Crippen molar-refractivity contribution in [2.45, 2.75) is 104 Å². The van der Waals surface area contributed by atoms with E-state index in [1.807, 2.05) is 0 Å². The monoisotopic (exact) mass is 321 g/mol. The average molecular weight is 322 g/mol. The SMILES string of the molecule is Cc1nn(C(C)C)c(C)c1[C@H](C)NC1CCC(OC(C)C)CC1. The molecule has 0 bridgehead atoms. The summed E-state index contributed by atoms with van der Waals surface area (Å²) in [5, 5.41) is 8.56. The Kier molecular flexibility index (Phi) is 6.26. The Bertz CT molecular complexity index is 499. The minimum atomic E-state index is 0.343. The van der Waals surface area contributed by atoms with Gasteiger partial charge in [0.2, 0.25) is 0 Å². The third-order valence-electron chi connectivity index (χ3n) is 4.93. The predicted octanol–water partition coefficient (Wildman–Crippen LogP) is 4.47. The summed E-state index contributed by atoms with van der Waals surface area (Å²) >= 11 is 0. The lowest BCUT2D eigenvalue weighted by atomic mass is 9.91. The maximum Gasteiger partial charge on any atom is 0.0644 e. The molecule has 1 heterocycles. The molecule has 0 unspecified atom stereocenters. The Morgan fingerprint density at radius 3 is 2.13 bits per heavy atom. The zero-order valence-corrected chi connectivity index (χ0v) is 16.0. The molecule has 1 fully saturated rings. The van der Waals surface area contributed by atoms with Crippen LogP contribution in [0.3, 0.4) is 0 Å². The van der Waals surface area contributed by atoms with Crippen LogP contribution in [-0.4, -0.2) is 28.0 Å². The van der Waals surface area contributed by atoms with E-state index in [0.29, 0.717) is 30.3 Å². The average Bonchev–Trinajstić information content (AvgIpc) is 2.76. The van der Waals surface area contributed by atoms with Gasteiger partial charge in [-0.2, -0.15) is 5.10 Å². The second kappa shape index (κ2) is 7.80. The zero-order valence-electron chi connectivity index (χ0n) is 16.0. The Balaban J connectivity index is 1.94. The van der Waals surface area contributed by atoms with Crippen LogP contribution in [0.5, 0.6) is 0 Å². The third kappa shape index (κ3) is 4.57. The summed E-state index contributed by atoms with van der Waals surface area (Å²) in [5.41, 5.74) is 3.83. The summed E-state index contributed by atoms with van der Waals surface area (Å²) in [4.78, 5) is 0.